The van der Waals surface area contributed by atoms with Crippen molar-refractivity contribution in [1.82, 2.24) is 0 Å². The lowest BCUT2D eigenvalue weighted by Crippen LogP contribution is -2.10. The molecule has 0 atom stereocenters. The summed E-state index contributed by atoms with van der Waals surface area (Å²) in [4.78, 5) is 0. The molecule has 0 radical (unpaired) electrons. The lowest BCUT2D eigenvalue weighted by atomic mass is 9.87. The fraction of sp³-hybridized carbons (Fsp3) is 0.294. The molecule has 2 N–H and O–H groups in total. The molecule has 2 aromatic rings. The smallest absolute Gasteiger partial charge is 0.153 e. The van der Waals surface area contributed by atoms with Crippen LogP contribution in [0.2, 0.25) is 0 Å². The van der Waals surface area contributed by atoms with E-state index in [2.05, 4.69) is 32.9 Å². The van der Waals surface area contributed by atoms with Crippen molar-refractivity contribution in [2.45, 2.75) is 33.1 Å². The highest BCUT2D eigenvalue weighted by Crippen LogP contribution is 2.32. The lowest BCUT2D eigenvalue weighted by Gasteiger charge is -2.19. The molecule has 0 aliphatic heterocycles. The van der Waals surface area contributed by atoms with Crippen LogP contribution >= 0.6 is 0 Å². The Kier molecular flexibility index (Phi) is 3.52. The summed E-state index contributed by atoms with van der Waals surface area (Å²) in [6.45, 7) is 8.59. The summed E-state index contributed by atoms with van der Waals surface area (Å²) in [6, 6.07) is 14.0. The number of ether oxygens (including phenoxy) is 1. The van der Waals surface area contributed by atoms with E-state index < -0.39 is 0 Å². The molecule has 2 rings (SSSR count). The number of aryl methyl sites for hydroxylation is 1. The first kappa shape index (κ1) is 13.5. The van der Waals surface area contributed by atoms with Crippen molar-refractivity contribution < 1.29 is 4.74 Å². The zero-order valence-electron chi connectivity index (χ0n) is 12.0. The highest BCUT2D eigenvalue weighted by Gasteiger charge is 2.13. The number of nitrogens with two attached hydrogens (primary N) is 1. The van der Waals surface area contributed by atoms with Gasteiger partial charge in [0.25, 0.3) is 0 Å². The second kappa shape index (κ2) is 4.96. The largest absolute Gasteiger partial charge is 0.455 e. The maximum absolute atomic E-state index is 5.94. The van der Waals surface area contributed by atoms with Crippen LogP contribution in [0.3, 0.4) is 0 Å². The van der Waals surface area contributed by atoms with Crippen molar-refractivity contribution in [2.24, 2.45) is 0 Å². The van der Waals surface area contributed by atoms with Gasteiger partial charge in [0.2, 0.25) is 0 Å². The van der Waals surface area contributed by atoms with Crippen LogP contribution in [0.25, 0.3) is 0 Å². The molecule has 2 heteroatoms. The van der Waals surface area contributed by atoms with E-state index >= 15 is 0 Å². The van der Waals surface area contributed by atoms with E-state index in [9.17, 15) is 0 Å². The average Bonchev–Trinajstić information content (AvgIpc) is 2.33. The van der Waals surface area contributed by atoms with Gasteiger partial charge in [0.1, 0.15) is 5.75 Å². The fourth-order valence-corrected chi connectivity index (χ4v) is 1.96. The van der Waals surface area contributed by atoms with Gasteiger partial charge in [-0.1, -0.05) is 45.0 Å². The predicted octanol–water partition coefficient (Wildman–Crippen LogP) is 4.67. The summed E-state index contributed by atoms with van der Waals surface area (Å²) < 4.78 is 5.88. The molecule has 0 saturated heterocycles. The quantitative estimate of drug-likeness (QED) is 0.792. The number of benzene rings is 2. The molecule has 0 aliphatic carbocycles. The third kappa shape index (κ3) is 3.08. The highest BCUT2D eigenvalue weighted by molar-refractivity contribution is 5.57. The van der Waals surface area contributed by atoms with Gasteiger partial charge in [-0.15, -0.1) is 0 Å². The number of hydrogen-bond acceptors (Lipinski definition) is 2. The number of rotatable bonds is 2. The first-order valence-electron chi connectivity index (χ1n) is 6.51. The Morgan fingerprint density at radius 2 is 1.58 bits per heavy atom. The van der Waals surface area contributed by atoms with Crippen LogP contribution in [-0.2, 0) is 5.41 Å². The minimum Gasteiger partial charge on any atom is -0.455 e. The van der Waals surface area contributed by atoms with Gasteiger partial charge in [0.15, 0.2) is 5.75 Å². The van der Waals surface area contributed by atoms with Crippen molar-refractivity contribution in [3.8, 4) is 11.5 Å². The van der Waals surface area contributed by atoms with Gasteiger partial charge in [0.05, 0.1) is 5.69 Å². The molecular formula is C17H21NO. The van der Waals surface area contributed by atoms with Crippen LogP contribution in [-0.4, -0.2) is 0 Å². The Morgan fingerprint density at radius 1 is 0.947 bits per heavy atom. The molecule has 2 nitrogen and oxygen atoms in total. The fourth-order valence-electron chi connectivity index (χ4n) is 1.96. The molecule has 2 aromatic carbocycles. The molecule has 0 saturated carbocycles. The van der Waals surface area contributed by atoms with Gasteiger partial charge >= 0.3 is 0 Å². The Bertz CT molecular complexity index is 545. The Hall–Kier alpha value is -1.96. The number of anilines is 1. The van der Waals surface area contributed by atoms with Gasteiger partial charge in [0, 0.05) is 0 Å². The summed E-state index contributed by atoms with van der Waals surface area (Å²) >= 11 is 0. The van der Waals surface area contributed by atoms with Crippen molar-refractivity contribution in [3.05, 3.63) is 53.6 Å². The normalized spacial score (nSPS) is 11.4. The van der Waals surface area contributed by atoms with Gasteiger partial charge in [-0.3, -0.25) is 0 Å². The summed E-state index contributed by atoms with van der Waals surface area (Å²) in [6.07, 6.45) is 0. The van der Waals surface area contributed by atoms with Gasteiger partial charge < -0.3 is 10.5 Å². The number of nitrogen functional groups attached to an aromatic ring is 1. The molecule has 19 heavy (non-hydrogen) atoms. The zero-order chi connectivity index (χ0) is 14.0. The molecular weight excluding hydrogens is 234 g/mol. The van der Waals surface area contributed by atoms with E-state index in [-0.39, 0.29) is 5.41 Å². The second-order valence-corrected chi connectivity index (χ2v) is 5.87. The molecule has 0 heterocycles. The monoisotopic (exact) mass is 255 g/mol. The molecule has 0 aliphatic rings. The molecule has 0 aromatic heterocycles. The summed E-state index contributed by atoms with van der Waals surface area (Å²) in [5.74, 6) is 1.56. The summed E-state index contributed by atoms with van der Waals surface area (Å²) in [5.41, 5.74) is 9.09. The average molecular weight is 255 g/mol. The maximum atomic E-state index is 5.94. The van der Waals surface area contributed by atoms with Gasteiger partial charge in [-0.2, -0.15) is 0 Å². The van der Waals surface area contributed by atoms with E-state index in [1.807, 2.05) is 37.3 Å². The predicted molar refractivity (Wildman–Crippen MR) is 80.8 cm³/mol. The van der Waals surface area contributed by atoms with Crippen LogP contribution in [0.1, 0.15) is 31.9 Å². The van der Waals surface area contributed by atoms with Crippen molar-refractivity contribution in [3.63, 3.8) is 0 Å². The van der Waals surface area contributed by atoms with Crippen molar-refractivity contribution in [1.29, 1.82) is 0 Å². The number of hydrogen-bond donors (Lipinski definition) is 1. The van der Waals surface area contributed by atoms with E-state index in [0.717, 1.165) is 17.1 Å². The van der Waals surface area contributed by atoms with E-state index in [1.54, 1.807) is 0 Å². The van der Waals surface area contributed by atoms with Gasteiger partial charge in [-0.25, -0.2) is 0 Å². The van der Waals surface area contributed by atoms with Crippen LogP contribution in [0, 0.1) is 6.92 Å². The Labute approximate surface area is 115 Å². The molecule has 0 bridgehead atoms. The third-order valence-corrected chi connectivity index (χ3v) is 3.18. The molecule has 0 fully saturated rings. The maximum Gasteiger partial charge on any atom is 0.153 e. The van der Waals surface area contributed by atoms with Crippen LogP contribution < -0.4 is 10.5 Å². The van der Waals surface area contributed by atoms with E-state index in [1.165, 1.54) is 5.56 Å². The lowest BCUT2D eigenvalue weighted by molar-refractivity contribution is 0.480. The van der Waals surface area contributed by atoms with Gasteiger partial charge in [-0.05, 0) is 41.7 Å². The third-order valence-electron chi connectivity index (χ3n) is 3.18. The van der Waals surface area contributed by atoms with Crippen LogP contribution in [0.5, 0.6) is 11.5 Å². The zero-order valence-corrected chi connectivity index (χ0v) is 12.0. The summed E-state index contributed by atoms with van der Waals surface area (Å²) in [5, 5.41) is 0. The van der Waals surface area contributed by atoms with Crippen LogP contribution in [0.15, 0.2) is 42.5 Å². The van der Waals surface area contributed by atoms with Crippen LogP contribution in [0.4, 0.5) is 5.69 Å². The number of para-hydroxylation sites is 1. The Balaban J connectivity index is 2.25. The first-order valence-corrected chi connectivity index (χ1v) is 6.51. The second-order valence-electron chi connectivity index (χ2n) is 5.87. The summed E-state index contributed by atoms with van der Waals surface area (Å²) in [7, 11) is 0. The van der Waals surface area contributed by atoms with E-state index in [0.29, 0.717) is 5.69 Å². The van der Waals surface area contributed by atoms with E-state index in [4.69, 9.17) is 10.5 Å². The van der Waals surface area contributed by atoms with Crippen molar-refractivity contribution in [2.75, 3.05) is 5.73 Å². The molecule has 100 valence electrons. The SMILES string of the molecule is Cc1cccc(N)c1Oc1ccc(C(C)(C)C)cc1. The highest BCUT2D eigenvalue weighted by atomic mass is 16.5. The first-order chi connectivity index (χ1) is 8.88. The minimum atomic E-state index is 0.153. The minimum absolute atomic E-state index is 0.153. The van der Waals surface area contributed by atoms with Crippen molar-refractivity contribution >= 4 is 5.69 Å². The molecule has 0 unspecified atom stereocenters. The topological polar surface area (TPSA) is 35.2 Å². The standard InChI is InChI=1S/C17H21NO/c1-12-6-5-7-15(18)16(12)19-14-10-8-13(9-11-14)17(2,3)4/h5-11H,18H2,1-4H3. The Morgan fingerprint density at radius 3 is 2.11 bits per heavy atom. The molecule has 0 spiro atoms. The molecule has 0 amide bonds.